The number of benzene rings is 1. The topological polar surface area (TPSA) is 71.3 Å². The van der Waals surface area contributed by atoms with Gasteiger partial charge in [0, 0.05) is 17.8 Å². The number of carbonyl (C=O) groups excluding carboxylic acids is 2. The van der Waals surface area contributed by atoms with Crippen molar-refractivity contribution in [3.05, 3.63) is 35.6 Å². The van der Waals surface area contributed by atoms with Crippen LogP contribution in [0.1, 0.15) is 43.4 Å². The molecule has 2 amide bonds. The van der Waals surface area contributed by atoms with Crippen molar-refractivity contribution in [1.82, 2.24) is 10.6 Å². The highest BCUT2D eigenvalue weighted by molar-refractivity contribution is 5.87. The molecule has 2 aliphatic rings. The molecule has 2 fully saturated rings. The number of aryl methyl sites for hydroxylation is 1. The minimum absolute atomic E-state index is 0.00233. The molecule has 1 saturated carbocycles. The Morgan fingerprint density at radius 3 is 3.00 bits per heavy atom. The molecule has 0 bridgehead atoms. The molecule has 1 aliphatic carbocycles. The van der Waals surface area contributed by atoms with Gasteiger partial charge in [0.25, 0.3) is 0 Å². The molecule has 2 heterocycles. The van der Waals surface area contributed by atoms with Gasteiger partial charge in [-0.2, -0.15) is 0 Å². The molecule has 1 aromatic heterocycles. The Kier molecular flexibility index (Phi) is 4.24. The van der Waals surface area contributed by atoms with Gasteiger partial charge in [0.05, 0.1) is 12.5 Å². The van der Waals surface area contributed by atoms with Gasteiger partial charge in [-0.3, -0.25) is 9.59 Å². The molecule has 3 unspecified atom stereocenters. The van der Waals surface area contributed by atoms with Gasteiger partial charge in [-0.25, -0.2) is 0 Å². The lowest BCUT2D eigenvalue weighted by atomic mass is 9.72. The van der Waals surface area contributed by atoms with Gasteiger partial charge < -0.3 is 15.1 Å². The van der Waals surface area contributed by atoms with E-state index in [1.807, 2.05) is 25.1 Å². The molecule has 1 saturated heterocycles. The van der Waals surface area contributed by atoms with Crippen LogP contribution in [0.5, 0.6) is 0 Å². The zero-order chi connectivity index (χ0) is 17.4. The van der Waals surface area contributed by atoms with E-state index < -0.39 is 0 Å². The molecule has 132 valence electrons. The summed E-state index contributed by atoms with van der Waals surface area (Å²) in [6.45, 7) is 2.41. The SMILES string of the molecule is Cc1ccc2oc(CNC(=O)C3CC(=O)NC4CCCCC43)cc2c1. The van der Waals surface area contributed by atoms with Crippen LogP contribution in [-0.4, -0.2) is 17.9 Å². The highest BCUT2D eigenvalue weighted by Gasteiger charge is 2.41. The fourth-order valence-corrected chi connectivity index (χ4v) is 4.33. The van der Waals surface area contributed by atoms with Crippen molar-refractivity contribution in [1.29, 1.82) is 0 Å². The van der Waals surface area contributed by atoms with Crippen molar-refractivity contribution in [3.8, 4) is 0 Å². The largest absolute Gasteiger partial charge is 0.459 e. The number of carbonyl (C=O) groups is 2. The molecule has 3 atom stereocenters. The summed E-state index contributed by atoms with van der Waals surface area (Å²) in [5.74, 6) is 0.774. The first-order valence-corrected chi connectivity index (χ1v) is 9.16. The third-order valence-corrected chi connectivity index (χ3v) is 5.58. The Labute approximate surface area is 147 Å². The first-order chi connectivity index (χ1) is 12.1. The number of nitrogens with one attached hydrogen (secondary N) is 2. The molecular weight excluding hydrogens is 316 g/mol. The van der Waals surface area contributed by atoms with Gasteiger partial charge in [-0.1, -0.05) is 24.5 Å². The zero-order valence-electron chi connectivity index (χ0n) is 14.5. The van der Waals surface area contributed by atoms with Crippen LogP contribution in [0.4, 0.5) is 0 Å². The summed E-state index contributed by atoms with van der Waals surface area (Å²) in [5.41, 5.74) is 2.01. The van der Waals surface area contributed by atoms with Crippen LogP contribution in [0, 0.1) is 18.8 Å². The maximum Gasteiger partial charge on any atom is 0.224 e. The van der Waals surface area contributed by atoms with Crippen molar-refractivity contribution in [2.24, 2.45) is 11.8 Å². The molecule has 0 spiro atoms. The van der Waals surface area contributed by atoms with Gasteiger partial charge in [0.1, 0.15) is 11.3 Å². The van der Waals surface area contributed by atoms with E-state index in [2.05, 4.69) is 16.7 Å². The van der Waals surface area contributed by atoms with E-state index in [0.717, 1.165) is 42.4 Å². The number of fused-ring (bicyclic) bond motifs is 2. The van der Waals surface area contributed by atoms with Crippen molar-refractivity contribution in [2.45, 2.75) is 51.6 Å². The minimum Gasteiger partial charge on any atom is -0.459 e. The highest BCUT2D eigenvalue weighted by Crippen LogP contribution is 2.35. The monoisotopic (exact) mass is 340 g/mol. The van der Waals surface area contributed by atoms with E-state index in [1.54, 1.807) is 0 Å². The summed E-state index contributed by atoms with van der Waals surface area (Å²) in [4.78, 5) is 24.7. The van der Waals surface area contributed by atoms with E-state index in [4.69, 9.17) is 4.42 Å². The van der Waals surface area contributed by atoms with Crippen LogP contribution in [0.15, 0.2) is 28.7 Å². The summed E-state index contributed by atoms with van der Waals surface area (Å²) >= 11 is 0. The van der Waals surface area contributed by atoms with Gasteiger partial charge >= 0.3 is 0 Å². The first-order valence-electron chi connectivity index (χ1n) is 9.16. The fourth-order valence-electron chi connectivity index (χ4n) is 4.33. The maximum atomic E-state index is 12.7. The van der Waals surface area contributed by atoms with E-state index in [9.17, 15) is 9.59 Å². The van der Waals surface area contributed by atoms with Crippen LogP contribution in [-0.2, 0) is 16.1 Å². The van der Waals surface area contributed by atoms with Crippen molar-refractivity contribution in [2.75, 3.05) is 0 Å². The van der Waals surface area contributed by atoms with E-state index in [1.165, 1.54) is 5.56 Å². The summed E-state index contributed by atoms with van der Waals surface area (Å²) in [7, 11) is 0. The number of piperidine rings is 1. The molecule has 2 N–H and O–H groups in total. The Morgan fingerprint density at radius 2 is 2.12 bits per heavy atom. The Hall–Kier alpha value is -2.30. The van der Waals surface area contributed by atoms with E-state index in [-0.39, 0.29) is 29.7 Å². The van der Waals surface area contributed by atoms with Crippen LogP contribution in [0.2, 0.25) is 0 Å². The van der Waals surface area contributed by atoms with Crippen molar-refractivity contribution in [3.63, 3.8) is 0 Å². The average molecular weight is 340 g/mol. The zero-order valence-corrected chi connectivity index (χ0v) is 14.5. The molecule has 1 aromatic carbocycles. The van der Waals surface area contributed by atoms with E-state index in [0.29, 0.717) is 13.0 Å². The summed E-state index contributed by atoms with van der Waals surface area (Å²) in [5, 5.41) is 7.10. The second kappa shape index (κ2) is 6.54. The maximum absolute atomic E-state index is 12.7. The van der Waals surface area contributed by atoms with Gasteiger partial charge in [0.15, 0.2) is 0 Å². The Balaban J connectivity index is 1.44. The summed E-state index contributed by atoms with van der Waals surface area (Å²) < 4.78 is 5.79. The van der Waals surface area contributed by atoms with E-state index >= 15 is 0 Å². The summed E-state index contributed by atoms with van der Waals surface area (Å²) in [6.07, 6.45) is 4.58. The predicted molar refractivity (Wildman–Crippen MR) is 94.8 cm³/mol. The molecule has 5 heteroatoms. The number of furan rings is 1. The van der Waals surface area contributed by atoms with Crippen molar-refractivity contribution >= 4 is 22.8 Å². The molecule has 25 heavy (non-hydrogen) atoms. The minimum atomic E-state index is -0.217. The first kappa shape index (κ1) is 16.2. The Morgan fingerprint density at radius 1 is 1.28 bits per heavy atom. The van der Waals surface area contributed by atoms with Gasteiger partial charge in [-0.05, 0) is 43.9 Å². The van der Waals surface area contributed by atoms with Crippen LogP contribution < -0.4 is 10.6 Å². The number of hydrogen-bond acceptors (Lipinski definition) is 3. The highest BCUT2D eigenvalue weighted by atomic mass is 16.3. The number of hydrogen-bond donors (Lipinski definition) is 2. The predicted octanol–water partition coefficient (Wildman–Crippen LogP) is 3.05. The molecular formula is C20H24N2O3. The molecule has 0 radical (unpaired) electrons. The smallest absolute Gasteiger partial charge is 0.224 e. The molecule has 4 rings (SSSR count). The quantitative estimate of drug-likeness (QED) is 0.902. The van der Waals surface area contributed by atoms with Gasteiger partial charge in [-0.15, -0.1) is 0 Å². The molecule has 5 nitrogen and oxygen atoms in total. The third-order valence-electron chi connectivity index (χ3n) is 5.58. The third kappa shape index (κ3) is 3.28. The van der Waals surface area contributed by atoms with Crippen LogP contribution in [0.25, 0.3) is 11.0 Å². The second-order valence-corrected chi connectivity index (χ2v) is 7.40. The second-order valence-electron chi connectivity index (χ2n) is 7.40. The molecule has 2 aromatic rings. The lowest BCUT2D eigenvalue weighted by molar-refractivity contribution is -0.137. The van der Waals surface area contributed by atoms with Gasteiger partial charge in [0.2, 0.25) is 11.8 Å². The molecule has 1 aliphatic heterocycles. The standard InChI is InChI=1S/C20H24N2O3/c1-12-6-7-18-13(8-12)9-14(25-18)11-21-20(24)16-10-19(23)22-17-5-3-2-4-15(16)17/h6-9,15-17H,2-5,10-11H2,1H3,(H,21,24)(H,22,23). The van der Waals surface area contributed by atoms with Crippen LogP contribution >= 0.6 is 0 Å². The lowest BCUT2D eigenvalue weighted by Gasteiger charge is -2.40. The average Bonchev–Trinajstić information content (AvgIpc) is 3.00. The van der Waals surface area contributed by atoms with Crippen molar-refractivity contribution < 1.29 is 14.0 Å². The lowest BCUT2D eigenvalue weighted by Crippen LogP contribution is -2.54. The fraction of sp³-hybridized carbons (Fsp3) is 0.500. The Bertz CT molecular complexity index is 810. The number of rotatable bonds is 3. The normalized spacial score (nSPS) is 26.1. The van der Waals surface area contributed by atoms with Crippen LogP contribution in [0.3, 0.4) is 0 Å². The number of amides is 2. The summed E-state index contributed by atoms with van der Waals surface area (Å²) in [6, 6.07) is 8.17.